The Hall–Kier alpha value is -0.940. The molecule has 1 aliphatic heterocycles. The van der Waals surface area contributed by atoms with Crippen LogP contribution in [0.3, 0.4) is 0 Å². The molecule has 0 spiro atoms. The monoisotopic (exact) mass is 547 g/mol. The fourth-order valence-corrected chi connectivity index (χ4v) is 3.89. The molecule has 1 fully saturated rings. The molecular weight excluding hydrogens is 505 g/mol. The van der Waals surface area contributed by atoms with Gasteiger partial charge in [0, 0.05) is 66.6 Å². The number of methoxy groups -OCH3 is 1. The molecule has 0 bridgehead atoms. The van der Waals surface area contributed by atoms with Crippen LogP contribution < -0.4 is 10.6 Å². The number of guanidine groups is 1. The number of rotatable bonds is 11. The Bertz CT molecular complexity index is 636. The van der Waals surface area contributed by atoms with E-state index in [-0.39, 0.29) is 36.2 Å². The number of nitrogens with one attached hydrogen (secondary N) is 2. The summed E-state index contributed by atoms with van der Waals surface area (Å²) in [5.74, 6) is 0.837. The standard InChI is InChI=1S/C23H41N5O2.HI/c1-19-16-28(17-20(2)30-19)18-22-10-7-6-9-21(22)15-26-23(24-3)25-11-13-27(4)12-8-14-29-5;/h6-7,9-10,19-20H,8,11-18H2,1-5H3,(H2,24,25,26);1H. The molecule has 2 atom stereocenters. The van der Waals surface area contributed by atoms with E-state index in [1.807, 2.05) is 7.05 Å². The van der Waals surface area contributed by atoms with Gasteiger partial charge in [-0.2, -0.15) is 0 Å². The summed E-state index contributed by atoms with van der Waals surface area (Å²) in [6.07, 6.45) is 1.63. The molecule has 1 aromatic rings. The van der Waals surface area contributed by atoms with Gasteiger partial charge in [0.2, 0.25) is 0 Å². The Labute approximate surface area is 206 Å². The molecule has 1 aliphatic rings. The number of likely N-dealkylation sites (N-methyl/N-ethyl adjacent to an activating group) is 1. The molecule has 0 amide bonds. The van der Waals surface area contributed by atoms with Gasteiger partial charge < -0.3 is 25.0 Å². The van der Waals surface area contributed by atoms with Crippen LogP contribution in [0.15, 0.2) is 29.3 Å². The Morgan fingerprint density at radius 1 is 1.16 bits per heavy atom. The minimum Gasteiger partial charge on any atom is -0.385 e. The van der Waals surface area contributed by atoms with Crippen LogP contribution in [0.25, 0.3) is 0 Å². The molecule has 2 unspecified atom stereocenters. The summed E-state index contributed by atoms with van der Waals surface area (Å²) in [5, 5.41) is 6.88. The minimum absolute atomic E-state index is 0. The Balaban J connectivity index is 0.00000480. The van der Waals surface area contributed by atoms with Crippen molar-refractivity contribution in [1.82, 2.24) is 20.4 Å². The maximum absolute atomic E-state index is 5.87. The average Bonchev–Trinajstić information content (AvgIpc) is 2.71. The predicted molar refractivity (Wildman–Crippen MR) is 139 cm³/mol. The van der Waals surface area contributed by atoms with Crippen molar-refractivity contribution < 1.29 is 9.47 Å². The second-order valence-corrected chi connectivity index (χ2v) is 8.22. The number of hydrogen-bond donors (Lipinski definition) is 2. The smallest absolute Gasteiger partial charge is 0.191 e. The lowest BCUT2D eigenvalue weighted by molar-refractivity contribution is -0.0705. The number of morpholine rings is 1. The molecule has 0 aliphatic carbocycles. The molecule has 0 saturated carbocycles. The number of nitrogens with zero attached hydrogens (tertiary/aromatic N) is 3. The van der Waals surface area contributed by atoms with E-state index in [4.69, 9.17) is 9.47 Å². The first-order valence-electron chi connectivity index (χ1n) is 11.1. The quantitative estimate of drug-likeness (QED) is 0.192. The van der Waals surface area contributed by atoms with Crippen molar-refractivity contribution in [2.24, 2.45) is 4.99 Å². The second-order valence-electron chi connectivity index (χ2n) is 8.22. The summed E-state index contributed by atoms with van der Waals surface area (Å²) < 4.78 is 11.0. The highest BCUT2D eigenvalue weighted by molar-refractivity contribution is 14.0. The van der Waals surface area contributed by atoms with Crippen molar-refractivity contribution in [2.75, 3.05) is 60.5 Å². The Morgan fingerprint density at radius 3 is 2.48 bits per heavy atom. The zero-order valence-electron chi connectivity index (χ0n) is 19.9. The van der Waals surface area contributed by atoms with Crippen LogP contribution in [0.5, 0.6) is 0 Å². The van der Waals surface area contributed by atoms with Gasteiger partial charge in [0.15, 0.2) is 5.96 Å². The molecular formula is C23H42IN5O2. The van der Waals surface area contributed by atoms with Gasteiger partial charge in [-0.25, -0.2) is 0 Å². The fourth-order valence-electron chi connectivity index (χ4n) is 3.89. The van der Waals surface area contributed by atoms with Gasteiger partial charge in [0.25, 0.3) is 0 Å². The van der Waals surface area contributed by atoms with E-state index < -0.39 is 0 Å². The van der Waals surface area contributed by atoms with Crippen molar-refractivity contribution in [3.8, 4) is 0 Å². The van der Waals surface area contributed by atoms with Crippen LogP contribution in [-0.4, -0.2) is 88.5 Å². The van der Waals surface area contributed by atoms with Crippen molar-refractivity contribution in [3.63, 3.8) is 0 Å². The summed E-state index contributed by atoms with van der Waals surface area (Å²) in [6.45, 7) is 11.6. The summed E-state index contributed by atoms with van der Waals surface area (Å²) >= 11 is 0. The maximum Gasteiger partial charge on any atom is 0.191 e. The molecule has 1 saturated heterocycles. The third kappa shape index (κ3) is 11.0. The van der Waals surface area contributed by atoms with Gasteiger partial charge in [-0.1, -0.05) is 24.3 Å². The van der Waals surface area contributed by atoms with E-state index in [1.165, 1.54) is 11.1 Å². The highest BCUT2D eigenvalue weighted by atomic mass is 127. The molecule has 2 rings (SSSR count). The van der Waals surface area contributed by atoms with Crippen LogP contribution >= 0.6 is 24.0 Å². The first-order chi connectivity index (χ1) is 14.5. The zero-order valence-corrected chi connectivity index (χ0v) is 22.2. The summed E-state index contributed by atoms with van der Waals surface area (Å²) in [5.41, 5.74) is 2.67. The number of ether oxygens (including phenoxy) is 2. The van der Waals surface area contributed by atoms with Crippen LogP contribution in [0.2, 0.25) is 0 Å². The number of aliphatic imine (C=N–C) groups is 1. The molecule has 2 N–H and O–H groups in total. The fraction of sp³-hybridized carbons (Fsp3) is 0.696. The van der Waals surface area contributed by atoms with Crippen LogP contribution in [-0.2, 0) is 22.6 Å². The highest BCUT2D eigenvalue weighted by Gasteiger charge is 2.22. The Morgan fingerprint density at radius 2 is 1.84 bits per heavy atom. The van der Waals surface area contributed by atoms with E-state index in [2.05, 4.69) is 70.6 Å². The number of benzene rings is 1. The van der Waals surface area contributed by atoms with Gasteiger partial charge >= 0.3 is 0 Å². The minimum atomic E-state index is 0. The lowest BCUT2D eigenvalue weighted by Crippen LogP contribution is -2.45. The van der Waals surface area contributed by atoms with Crippen LogP contribution in [0.1, 0.15) is 31.4 Å². The molecule has 0 radical (unpaired) electrons. The summed E-state index contributed by atoms with van der Waals surface area (Å²) in [6, 6.07) is 8.66. The average molecular weight is 548 g/mol. The molecule has 1 aromatic carbocycles. The number of halogens is 1. The van der Waals surface area contributed by atoms with Crippen molar-refractivity contribution in [1.29, 1.82) is 0 Å². The third-order valence-corrected chi connectivity index (χ3v) is 5.35. The van der Waals surface area contributed by atoms with E-state index in [0.29, 0.717) is 0 Å². The lowest BCUT2D eigenvalue weighted by Gasteiger charge is -2.35. The SMILES string of the molecule is CN=C(NCCN(C)CCCOC)NCc1ccccc1CN1CC(C)OC(C)C1.I. The molecule has 7 nitrogen and oxygen atoms in total. The molecule has 8 heteroatoms. The first kappa shape index (κ1) is 28.1. The van der Waals surface area contributed by atoms with Crippen molar-refractivity contribution >= 4 is 29.9 Å². The maximum atomic E-state index is 5.87. The van der Waals surface area contributed by atoms with E-state index in [1.54, 1.807) is 7.11 Å². The van der Waals surface area contributed by atoms with E-state index >= 15 is 0 Å². The molecule has 1 heterocycles. The molecule has 0 aromatic heterocycles. The van der Waals surface area contributed by atoms with E-state index in [0.717, 1.165) is 64.8 Å². The van der Waals surface area contributed by atoms with E-state index in [9.17, 15) is 0 Å². The van der Waals surface area contributed by atoms with Gasteiger partial charge in [-0.05, 0) is 38.4 Å². The molecule has 178 valence electrons. The molecule has 31 heavy (non-hydrogen) atoms. The van der Waals surface area contributed by atoms with Crippen LogP contribution in [0, 0.1) is 0 Å². The normalized spacial score (nSPS) is 19.9. The highest BCUT2D eigenvalue weighted by Crippen LogP contribution is 2.17. The summed E-state index contributed by atoms with van der Waals surface area (Å²) in [7, 11) is 5.70. The first-order valence-corrected chi connectivity index (χ1v) is 11.1. The predicted octanol–water partition coefficient (Wildman–Crippen LogP) is 2.55. The van der Waals surface area contributed by atoms with Gasteiger partial charge in [0.1, 0.15) is 0 Å². The van der Waals surface area contributed by atoms with Gasteiger partial charge in [0.05, 0.1) is 12.2 Å². The summed E-state index contributed by atoms with van der Waals surface area (Å²) in [4.78, 5) is 9.16. The van der Waals surface area contributed by atoms with Gasteiger partial charge in [-0.15, -0.1) is 24.0 Å². The lowest BCUT2D eigenvalue weighted by atomic mass is 10.1. The third-order valence-electron chi connectivity index (χ3n) is 5.35. The number of hydrogen-bond acceptors (Lipinski definition) is 5. The largest absolute Gasteiger partial charge is 0.385 e. The van der Waals surface area contributed by atoms with Gasteiger partial charge in [-0.3, -0.25) is 9.89 Å². The Kier molecular flexibility index (Phi) is 14.3. The van der Waals surface area contributed by atoms with Crippen LogP contribution in [0.4, 0.5) is 0 Å². The van der Waals surface area contributed by atoms with Crippen molar-refractivity contribution in [2.45, 2.75) is 45.6 Å². The zero-order chi connectivity index (χ0) is 21.8. The second kappa shape index (κ2) is 15.8. The van der Waals surface area contributed by atoms with Crippen molar-refractivity contribution in [3.05, 3.63) is 35.4 Å². The topological polar surface area (TPSA) is 61.4 Å².